The normalized spacial score (nSPS) is 13.9. The van der Waals surface area contributed by atoms with Crippen LogP contribution in [0.25, 0.3) is 27.6 Å². The Labute approximate surface area is 366 Å². The number of carbonyl (C=O) groups is 2. The van der Waals surface area contributed by atoms with Gasteiger partial charge in [0.05, 0.1) is 5.57 Å². The minimum atomic E-state index is -0.449. The lowest BCUT2D eigenvalue weighted by Gasteiger charge is -2.28. The van der Waals surface area contributed by atoms with Gasteiger partial charge in [-0.05, 0) is 112 Å². The van der Waals surface area contributed by atoms with Gasteiger partial charge < -0.3 is 5.32 Å². The molecule has 62 heavy (non-hydrogen) atoms. The Hall–Kier alpha value is -7.62. The second kappa shape index (κ2) is 20.6. The highest BCUT2D eigenvalue weighted by molar-refractivity contribution is 6.23. The van der Waals surface area contributed by atoms with E-state index in [0.29, 0.717) is 22.3 Å². The van der Waals surface area contributed by atoms with Gasteiger partial charge in [-0.1, -0.05) is 195 Å². The third-order valence-corrected chi connectivity index (χ3v) is 11.1. The van der Waals surface area contributed by atoms with E-state index in [4.69, 9.17) is 0 Å². The van der Waals surface area contributed by atoms with Crippen molar-refractivity contribution < 1.29 is 9.59 Å². The molecule has 0 amide bonds. The maximum Gasteiger partial charge on any atom is 0.197 e. The first-order chi connectivity index (χ1) is 30.3. The van der Waals surface area contributed by atoms with Crippen LogP contribution in [0.2, 0.25) is 0 Å². The second-order valence-electron chi connectivity index (χ2n) is 15.6. The lowest BCUT2D eigenvalue weighted by Crippen LogP contribution is -2.22. The van der Waals surface area contributed by atoms with Crippen LogP contribution in [-0.4, -0.2) is 12.1 Å². The van der Waals surface area contributed by atoms with Crippen LogP contribution < -0.4 is 5.32 Å². The van der Waals surface area contributed by atoms with Crippen LogP contribution >= 0.6 is 0 Å². The molecule has 0 aliphatic carbocycles. The van der Waals surface area contributed by atoms with E-state index in [2.05, 4.69) is 97.2 Å². The van der Waals surface area contributed by atoms with Crippen LogP contribution in [0, 0.1) is 6.92 Å². The molecule has 0 aliphatic rings. The molecule has 7 aromatic rings. The average molecular weight is 806 g/mol. The minimum Gasteiger partial charge on any atom is -0.362 e. The number of hydrogen-bond acceptors (Lipinski definition) is 3. The summed E-state index contributed by atoms with van der Waals surface area (Å²) in [5.41, 5.74) is 7.07. The molecule has 7 aromatic carbocycles. The summed E-state index contributed by atoms with van der Waals surface area (Å²) in [6, 6.07) is 57.4. The largest absolute Gasteiger partial charge is 0.362 e. The van der Waals surface area contributed by atoms with Gasteiger partial charge in [0.15, 0.2) is 12.1 Å². The average Bonchev–Trinajstić information content (AvgIpc) is 3.31. The van der Waals surface area contributed by atoms with Crippen LogP contribution in [0.3, 0.4) is 0 Å². The summed E-state index contributed by atoms with van der Waals surface area (Å²) >= 11 is 0. The van der Waals surface area contributed by atoms with Gasteiger partial charge in [0.25, 0.3) is 0 Å². The molecular weight excluding hydrogens is 755 g/mol. The topological polar surface area (TPSA) is 46.2 Å². The van der Waals surface area contributed by atoms with E-state index < -0.39 is 5.41 Å². The van der Waals surface area contributed by atoms with Crippen molar-refractivity contribution in [2.75, 3.05) is 5.32 Å². The van der Waals surface area contributed by atoms with Gasteiger partial charge >= 0.3 is 0 Å². The molecule has 0 aromatic heterocycles. The van der Waals surface area contributed by atoms with Crippen molar-refractivity contribution >= 4 is 45.4 Å². The monoisotopic (exact) mass is 805 g/mol. The highest BCUT2D eigenvalue weighted by Crippen LogP contribution is 2.35. The number of fused-ring (bicyclic) bond motifs is 2. The number of nitrogens with one attached hydrogen (secondary N) is 1. The summed E-state index contributed by atoms with van der Waals surface area (Å²) in [6.07, 6.45) is 21.4. The van der Waals surface area contributed by atoms with E-state index >= 15 is 4.79 Å². The first-order valence-electron chi connectivity index (χ1n) is 21.1. The van der Waals surface area contributed by atoms with Gasteiger partial charge in [-0.25, -0.2) is 0 Å². The molecule has 1 N–H and O–H groups in total. The number of Topliss-reactive ketones (excluding diaryl/α,β-unsaturated/α-hetero) is 1. The third kappa shape index (κ3) is 10.6. The Kier molecular flexibility index (Phi) is 14.1. The zero-order valence-electron chi connectivity index (χ0n) is 35.5. The predicted octanol–water partition coefficient (Wildman–Crippen LogP) is 14.5. The van der Waals surface area contributed by atoms with Crippen molar-refractivity contribution in [2.45, 2.75) is 32.6 Å². The van der Waals surface area contributed by atoms with Gasteiger partial charge in [0.2, 0.25) is 0 Å². The number of anilines is 1. The lowest BCUT2D eigenvalue weighted by atomic mass is 9.76. The number of hydrogen-bond donors (Lipinski definition) is 1. The SMILES string of the molecule is C/C=C/C=C(\C=C/C(C)(Cc1ccccc1)c1ccccc1)C(/C(/C=C\c1ccccc1)=C/C=C/Nc1ccccc1)=C(/C=O)C(=O)c1cc2cc3ccccc3cc2cc1C. The van der Waals surface area contributed by atoms with E-state index in [1.165, 1.54) is 5.56 Å². The summed E-state index contributed by atoms with van der Waals surface area (Å²) in [5, 5.41) is 7.53. The summed E-state index contributed by atoms with van der Waals surface area (Å²) in [5.74, 6) is -0.345. The van der Waals surface area contributed by atoms with E-state index in [1.807, 2.05) is 160 Å². The molecule has 1 unspecified atom stereocenters. The molecule has 3 nitrogen and oxygen atoms in total. The van der Waals surface area contributed by atoms with E-state index in [0.717, 1.165) is 56.6 Å². The molecule has 7 rings (SSSR count). The fraction of sp³-hybridized carbons (Fsp3) is 0.0847. The van der Waals surface area contributed by atoms with E-state index in [1.54, 1.807) is 0 Å². The molecule has 0 saturated carbocycles. The Morgan fingerprint density at radius 1 is 0.629 bits per heavy atom. The molecule has 304 valence electrons. The van der Waals surface area contributed by atoms with Crippen molar-refractivity contribution in [2.24, 2.45) is 0 Å². The summed E-state index contributed by atoms with van der Waals surface area (Å²) in [6.45, 7) is 6.14. The molecule has 0 aliphatic heterocycles. The number of para-hydroxylation sites is 1. The number of ketones is 1. The third-order valence-electron chi connectivity index (χ3n) is 11.1. The van der Waals surface area contributed by atoms with Crippen LogP contribution in [0.15, 0.2) is 247 Å². The minimum absolute atomic E-state index is 0.0616. The number of rotatable bonds is 16. The summed E-state index contributed by atoms with van der Waals surface area (Å²) in [4.78, 5) is 29.1. The standard InChI is InChI=1S/C59H51NO2/c1-4-5-25-48(35-36-59(3,53-29-14-8-15-30-53)42-46-23-12-7-13-24-46)57(47(34-33-45-21-10-6-11-22-45)28-20-37-60-54-31-16-9-17-32-54)56(43-61)58(62)55-41-52-40-50-27-19-18-26-49(50)39-51(52)38-44(55)2/h4-41,43,60H,42H2,1-3H3/b5-4+,34-33-,36-35-,37-20+,47-28+,48-25+,57-56-. The first-order valence-corrected chi connectivity index (χ1v) is 21.1. The molecule has 3 heteroatoms. The number of carbonyl (C=O) groups excluding carboxylic acids is 2. The smallest absolute Gasteiger partial charge is 0.197 e. The highest BCUT2D eigenvalue weighted by Gasteiger charge is 2.26. The maximum absolute atomic E-state index is 15.2. The van der Waals surface area contributed by atoms with Crippen molar-refractivity contribution in [3.05, 3.63) is 275 Å². The fourth-order valence-corrected chi connectivity index (χ4v) is 7.79. The van der Waals surface area contributed by atoms with Gasteiger partial charge in [-0.3, -0.25) is 9.59 Å². The predicted molar refractivity (Wildman–Crippen MR) is 262 cm³/mol. The lowest BCUT2D eigenvalue weighted by molar-refractivity contribution is -0.104. The number of allylic oxidation sites excluding steroid dienone is 12. The first kappa shape index (κ1) is 42.5. The molecule has 0 saturated heterocycles. The summed E-state index contributed by atoms with van der Waals surface area (Å²) < 4.78 is 0. The fourth-order valence-electron chi connectivity index (χ4n) is 7.79. The molecular formula is C59H51NO2. The van der Waals surface area contributed by atoms with Crippen molar-refractivity contribution in [1.82, 2.24) is 0 Å². The molecule has 0 radical (unpaired) electrons. The maximum atomic E-state index is 15.2. The van der Waals surface area contributed by atoms with Crippen molar-refractivity contribution in [3.8, 4) is 0 Å². The number of aldehydes is 1. The zero-order valence-corrected chi connectivity index (χ0v) is 35.5. The molecule has 0 spiro atoms. The van der Waals surface area contributed by atoms with E-state index in [9.17, 15) is 4.79 Å². The Balaban J connectivity index is 1.46. The second-order valence-corrected chi connectivity index (χ2v) is 15.6. The van der Waals surface area contributed by atoms with Crippen LogP contribution in [-0.2, 0) is 16.6 Å². The number of aryl methyl sites for hydroxylation is 1. The molecule has 1 atom stereocenters. The van der Waals surface area contributed by atoms with Gasteiger partial charge in [0.1, 0.15) is 0 Å². The van der Waals surface area contributed by atoms with Crippen LogP contribution in [0.1, 0.15) is 46.5 Å². The quantitative estimate of drug-likeness (QED) is 0.0201. The zero-order chi connectivity index (χ0) is 43.2. The van der Waals surface area contributed by atoms with Crippen LogP contribution in [0.5, 0.6) is 0 Å². The molecule has 0 bridgehead atoms. The van der Waals surface area contributed by atoms with Crippen molar-refractivity contribution in [3.63, 3.8) is 0 Å². The Morgan fingerprint density at radius 3 is 1.84 bits per heavy atom. The Morgan fingerprint density at radius 2 is 1.19 bits per heavy atom. The van der Waals surface area contributed by atoms with Gasteiger partial charge in [-0.15, -0.1) is 0 Å². The molecule has 0 heterocycles. The summed E-state index contributed by atoms with van der Waals surface area (Å²) in [7, 11) is 0. The van der Waals surface area contributed by atoms with E-state index in [-0.39, 0.29) is 11.4 Å². The number of benzene rings is 7. The van der Waals surface area contributed by atoms with Crippen molar-refractivity contribution in [1.29, 1.82) is 0 Å². The van der Waals surface area contributed by atoms with Gasteiger partial charge in [0, 0.05) is 28.4 Å². The van der Waals surface area contributed by atoms with Crippen LogP contribution in [0.4, 0.5) is 5.69 Å². The highest BCUT2D eigenvalue weighted by atomic mass is 16.1. The Bertz CT molecular complexity index is 2880. The molecule has 0 fully saturated rings. The van der Waals surface area contributed by atoms with Gasteiger partial charge in [-0.2, -0.15) is 0 Å².